The molecule has 0 bridgehead atoms. The van der Waals surface area contributed by atoms with Crippen molar-refractivity contribution in [2.24, 2.45) is 0 Å². The normalized spacial score (nSPS) is 10.7. The first-order valence-electron chi connectivity index (χ1n) is 6.20. The number of hydrogen-bond acceptors (Lipinski definition) is 1. The summed E-state index contributed by atoms with van der Waals surface area (Å²) >= 11 is 0. The first-order chi connectivity index (χ1) is 8.29. The molecule has 2 rings (SSSR count). The zero-order valence-corrected chi connectivity index (χ0v) is 10.6. The van der Waals surface area contributed by atoms with Crippen LogP contribution < -0.4 is 5.32 Å². The fourth-order valence-corrected chi connectivity index (χ4v) is 1.96. The van der Waals surface area contributed by atoms with Crippen LogP contribution in [0.15, 0.2) is 42.6 Å². The van der Waals surface area contributed by atoms with Gasteiger partial charge < -0.3 is 9.88 Å². The molecule has 2 heteroatoms. The van der Waals surface area contributed by atoms with Gasteiger partial charge in [-0.1, -0.05) is 29.8 Å². The van der Waals surface area contributed by atoms with Crippen molar-refractivity contribution in [1.29, 1.82) is 0 Å². The number of hydrogen-bond donors (Lipinski definition) is 1. The molecule has 90 valence electrons. The second-order valence-electron chi connectivity index (χ2n) is 4.37. The summed E-state index contributed by atoms with van der Waals surface area (Å²) in [7, 11) is 0. The maximum atomic E-state index is 3.48. The molecule has 0 atom stereocenters. The predicted octanol–water partition coefficient (Wildman–Crippen LogP) is 3.11. The van der Waals surface area contributed by atoms with Crippen molar-refractivity contribution < 1.29 is 0 Å². The fraction of sp³-hybridized carbons (Fsp3) is 0.333. The van der Waals surface area contributed by atoms with Crippen molar-refractivity contribution in [3.63, 3.8) is 0 Å². The molecule has 1 aromatic carbocycles. The van der Waals surface area contributed by atoms with Gasteiger partial charge in [0.2, 0.25) is 0 Å². The number of rotatable bonds is 5. The van der Waals surface area contributed by atoms with Gasteiger partial charge in [-0.15, -0.1) is 0 Å². The van der Waals surface area contributed by atoms with E-state index in [-0.39, 0.29) is 0 Å². The van der Waals surface area contributed by atoms with Crippen LogP contribution in [0.3, 0.4) is 0 Å². The van der Waals surface area contributed by atoms with Gasteiger partial charge in [0, 0.05) is 31.5 Å². The van der Waals surface area contributed by atoms with Crippen molar-refractivity contribution in [2.45, 2.75) is 33.5 Å². The van der Waals surface area contributed by atoms with Crippen LogP contribution in [0.1, 0.15) is 23.7 Å². The van der Waals surface area contributed by atoms with E-state index in [1.807, 2.05) is 0 Å². The Morgan fingerprint density at radius 1 is 1.06 bits per heavy atom. The molecule has 0 amide bonds. The highest BCUT2D eigenvalue weighted by atomic mass is 15.0. The topological polar surface area (TPSA) is 17.0 Å². The highest BCUT2D eigenvalue weighted by molar-refractivity contribution is 5.21. The fourth-order valence-electron chi connectivity index (χ4n) is 1.96. The van der Waals surface area contributed by atoms with Crippen LogP contribution in [-0.4, -0.2) is 4.57 Å². The van der Waals surface area contributed by atoms with Crippen molar-refractivity contribution in [3.05, 3.63) is 59.4 Å². The summed E-state index contributed by atoms with van der Waals surface area (Å²) in [6, 6.07) is 13.0. The minimum Gasteiger partial charge on any atom is -0.351 e. The summed E-state index contributed by atoms with van der Waals surface area (Å²) < 4.78 is 2.27. The third-order valence-corrected chi connectivity index (χ3v) is 3.02. The molecule has 0 aliphatic heterocycles. The van der Waals surface area contributed by atoms with Crippen LogP contribution in [0.5, 0.6) is 0 Å². The Bertz CT molecular complexity index is 454. The Kier molecular flexibility index (Phi) is 3.99. The molecule has 0 spiro atoms. The summed E-state index contributed by atoms with van der Waals surface area (Å²) in [5, 5.41) is 3.48. The van der Waals surface area contributed by atoms with Gasteiger partial charge >= 0.3 is 0 Å². The largest absolute Gasteiger partial charge is 0.351 e. The van der Waals surface area contributed by atoms with E-state index in [0.29, 0.717) is 0 Å². The lowest BCUT2D eigenvalue weighted by Crippen LogP contribution is -2.15. The number of aryl methyl sites for hydroxylation is 2. The Morgan fingerprint density at radius 3 is 2.53 bits per heavy atom. The Labute approximate surface area is 103 Å². The number of nitrogens with one attached hydrogen (secondary N) is 1. The number of aromatic nitrogens is 1. The van der Waals surface area contributed by atoms with E-state index in [0.717, 1.165) is 19.6 Å². The lowest BCUT2D eigenvalue weighted by molar-refractivity contribution is 0.629. The molecular formula is C15H20N2. The van der Waals surface area contributed by atoms with E-state index in [9.17, 15) is 0 Å². The second kappa shape index (κ2) is 5.69. The molecule has 2 nitrogen and oxygen atoms in total. The molecule has 1 N–H and O–H groups in total. The monoisotopic (exact) mass is 228 g/mol. The Balaban J connectivity index is 1.85. The molecule has 0 fully saturated rings. The van der Waals surface area contributed by atoms with Crippen molar-refractivity contribution in [2.75, 3.05) is 0 Å². The SMILES string of the molecule is CCn1cccc1CNCc1ccc(C)cc1. The highest BCUT2D eigenvalue weighted by Gasteiger charge is 1.98. The van der Waals surface area contributed by atoms with Gasteiger partial charge in [0.05, 0.1) is 0 Å². The summed E-state index contributed by atoms with van der Waals surface area (Å²) in [4.78, 5) is 0. The molecule has 0 aliphatic carbocycles. The van der Waals surface area contributed by atoms with E-state index < -0.39 is 0 Å². The Morgan fingerprint density at radius 2 is 1.82 bits per heavy atom. The molecule has 0 saturated heterocycles. The van der Waals surface area contributed by atoms with E-state index in [4.69, 9.17) is 0 Å². The van der Waals surface area contributed by atoms with Gasteiger partial charge in [0.15, 0.2) is 0 Å². The molecule has 17 heavy (non-hydrogen) atoms. The summed E-state index contributed by atoms with van der Waals surface area (Å²) in [5.41, 5.74) is 4.00. The molecule has 2 aromatic rings. The van der Waals surface area contributed by atoms with Crippen LogP contribution in [0.25, 0.3) is 0 Å². The minimum absolute atomic E-state index is 0.925. The zero-order valence-electron chi connectivity index (χ0n) is 10.6. The van der Waals surface area contributed by atoms with E-state index >= 15 is 0 Å². The quantitative estimate of drug-likeness (QED) is 0.832. The second-order valence-corrected chi connectivity index (χ2v) is 4.37. The molecule has 0 aliphatic rings. The minimum atomic E-state index is 0.925. The van der Waals surface area contributed by atoms with Crippen molar-refractivity contribution in [3.8, 4) is 0 Å². The standard InChI is InChI=1S/C15H20N2/c1-3-17-10-4-5-15(17)12-16-11-14-8-6-13(2)7-9-14/h4-10,16H,3,11-12H2,1-2H3. The molecule has 1 heterocycles. The molecule has 0 radical (unpaired) electrons. The van der Waals surface area contributed by atoms with Gasteiger partial charge in [0.25, 0.3) is 0 Å². The van der Waals surface area contributed by atoms with E-state index in [2.05, 4.69) is 66.3 Å². The number of nitrogens with zero attached hydrogens (tertiary/aromatic N) is 1. The van der Waals surface area contributed by atoms with Crippen LogP contribution in [0.2, 0.25) is 0 Å². The van der Waals surface area contributed by atoms with Crippen LogP contribution in [0.4, 0.5) is 0 Å². The lowest BCUT2D eigenvalue weighted by atomic mass is 10.1. The molecular weight excluding hydrogens is 208 g/mol. The summed E-state index contributed by atoms with van der Waals surface area (Å²) in [5.74, 6) is 0. The van der Waals surface area contributed by atoms with Gasteiger partial charge in [0.1, 0.15) is 0 Å². The zero-order chi connectivity index (χ0) is 12.1. The van der Waals surface area contributed by atoms with E-state index in [1.54, 1.807) is 0 Å². The van der Waals surface area contributed by atoms with Crippen molar-refractivity contribution in [1.82, 2.24) is 9.88 Å². The summed E-state index contributed by atoms with van der Waals surface area (Å²) in [6.45, 7) is 7.17. The van der Waals surface area contributed by atoms with Crippen LogP contribution in [-0.2, 0) is 19.6 Å². The van der Waals surface area contributed by atoms with Crippen LogP contribution in [0, 0.1) is 6.92 Å². The van der Waals surface area contributed by atoms with Gasteiger partial charge in [-0.05, 0) is 31.5 Å². The van der Waals surface area contributed by atoms with E-state index in [1.165, 1.54) is 16.8 Å². The van der Waals surface area contributed by atoms with Gasteiger partial charge in [-0.25, -0.2) is 0 Å². The predicted molar refractivity (Wildman–Crippen MR) is 71.8 cm³/mol. The molecule has 0 saturated carbocycles. The number of benzene rings is 1. The maximum absolute atomic E-state index is 3.48. The first-order valence-corrected chi connectivity index (χ1v) is 6.20. The third kappa shape index (κ3) is 3.21. The first kappa shape index (κ1) is 11.9. The van der Waals surface area contributed by atoms with Gasteiger partial charge in [-0.2, -0.15) is 0 Å². The highest BCUT2D eigenvalue weighted by Crippen LogP contribution is 2.05. The average molecular weight is 228 g/mol. The summed E-state index contributed by atoms with van der Waals surface area (Å²) in [6.07, 6.45) is 2.13. The van der Waals surface area contributed by atoms with Crippen molar-refractivity contribution >= 4 is 0 Å². The Hall–Kier alpha value is -1.54. The maximum Gasteiger partial charge on any atom is 0.0362 e. The lowest BCUT2D eigenvalue weighted by Gasteiger charge is -2.08. The third-order valence-electron chi connectivity index (χ3n) is 3.02. The molecule has 0 unspecified atom stereocenters. The van der Waals surface area contributed by atoms with Gasteiger partial charge in [-0.3, -0.25) is 0 Å². The molecule has 1 aromatic heterocycles. The van der Waals surface area contributed by atoms with Crippen LogP contribution >= 0.6 is 0 Å². The smallest absolute Gasteiger partial charge is 0.0362 e. The average Bonchev–Trinajstić information content (AvgIpc) is 2.79.